The van der Waals surface area contributed by atoms with Crippen molar-refractivity contribution in [3.05, 3.63) is 0 Å². The van der Waals surface area contributed by atoms with Gasteiger partial charge in [-0.15, -0.1) is 0 Å². The van der Waals surface area contributed by atoms with Crippen LogP contribution in [-0.2, 0) is 14.3 Å². The first-order valence-electron chi connectivity index (χ1n) is 7.53. The van der Waals surface area contributed by atoms with Gasteiger partial charge in [-0.05, 0) is 6.42 Å². The normalized spacial score (nSPS) is 33.0. The fourth-order valence-corrected chi connectivity index (χ4v) is 2.27. The number of aliphatic carboxylic acids is 1. The Kier molecular flexibility index (Phi) is 8.13. The lowest BCUT2D eigenvalue weighted by Gasteiger charge is -2.38. The van der Waals surface area contributed by atoms with E-state index in [0.717, 1.165) is 19.3 Å². The molecule has 0 aromatic heterocycles. The average Bonchev–Trinajstić information content (AvgIpc) is 2.45. The molecule has 21 heavy (non-hydrogen) atoms. The lowest BCUT2D eigenvalue weighted by Crippen LogP contribution is -2.60. The van der Waals surface area contributed by atoms with E-state index in [-0.39, 0.29) is 0 Å². The summed E-state index contributed by atoms with van der Waals surface area (Å²) in [6.45, 7) is 2.45. The largest absolute Gasteiger partial charge is 0.479 e. The molecule has 0 spiro atoms. The molecular formula is C14H26O7. The third kappa shape index (κ3) is 5.52. The van der Waals surface area contributed by atoms with Crippen molar-refractivity contribution < 1.29 is 34.7 Å². The number of carbonyl (C=O) groups is 1. The molecule has 1 aliphatic rings. The highest BCUT2D eigenvalue weighted by Gasteiger charge is 2.47. The van der Waals surface area contributed by atoms with Gasteiger partial charge in [-0.2, -0.15) is 0 Å². The van der Waals surface area contributed by atoms with Crippen LogP contribution in [0.5, 0.6) is 0 Å². The molecule has 0 saturated carbocycles. The molecule has 1 saturated heterocycles. The Labute approximate surface area is 124 Å². The van der Waals surface area contributed by atoms with Crippen LogP contribution in [0.4, 0.5) is 0 Å². The number of aliphatic hydroxyl groups is 3. The maximum Gasteiger partial charge on any atom is 0.335 e. The monoisotopic (exact) mass is 306 g/mol. The summed E-state index contributed by atoms with van der Waals surface area (Å²) in [6.07, 6.45) is -1.17. The zero-order valence-electron chi connectivity index (χ0n) is 12.4. The molecule has 1 heterocycles. The lowest BCUT2D eigenvalue weighted by molar-refractivity contribution is -0.294. The van der Waals surface area contributed by atoms with E-state index in [0.29, 0.717) is 6.61 Å². The molecule has 4 N–H and O–H groups in total. The van der Waals surface area contributed by atoms with Crippen LogP contribution < -0.4 is 0 Å². The maximum absolute atomic E-state index is 10.9. The highest BCUT2D eigenvalue weighted by atomic mass is 16.7. The number of carboxylic acids is 1. The second-order valence-electron chi connectivity index (χ2n) is 5.37. The van der Waals surface area contributed by atoms with Crippen LogP contribution in [0.2, 0.25) is 0 Å². The molecule has 1 rings (SSSR count). The van der Waals surface area contributed by atoms with Gasteiger partial charge in [0.25, 0.3) is 0 Å². The number of hydrogen-bond donors (Lipinski definition) is 4. The van der Waals surface area contributed by atoms with Crippen molar-refractivity contribution in [1.82, 2.24) is 0 Å². The highest BCUT2D eigenvalue weighted by molar-refractivity contribution is 5.73. The van der Waals surface area contributed by atoms with Crippen LogP contribution in [0.3, 0.4) is 0 Å². The van der Waals surface area contributed by atoms with Gasteiger partial charge in [-0.25, -0.2) is 4.79 Å². The predicted octanol–water partition coefficient (Wildman–Crippen LogP) is 0.256. The zero-order valence-corrected chi connectivity index (χ0v) is 12.4. The quantitative estimate of drug-likeness (QED) is 0.451. The van der Waals surface area contributed by atoms with E-state index in [1.54, 1.807) is 0 Å². The van der Waals surface area contributed by atoms with Crippen molar-refractivity contribution in [3.8, 4) is 0 Å². The molecule has 124 valence electrons. The fraction of sp³-hybridized carbons (Fsp3) is 0.929. The molecule has 1 unspecified atom stereocenters. The summed E-state index contributed by atoms with van der Waals surface area (Å²) in [5.74, 6) is -1.40. The van der Waals surface area contributed by atoms with Crippen molar-refractivity contribution in [2.24, 2.45) is 0 Å². The van der Waals surface area contributed by atoms with Crippen molar-refractivity contribution >= 4 is 5.97 Å². The third-order valence-electron chi connectivity index (χ3n) is 3.59. The van der Waals surface area contributed by atoms with Gasteiger partial charge in [-0.1, -0.05) is 39.0 Å². The fourth-order valence-electron chi connectivity index (χ4n) is 2.27. The number of hydrogen-bond acceptors (Lipinski definition) is 6. The van der Waals surface area contributed by atoms with E-state index in [1.165, 1.54) is 19.3 Å². The van der Waals surface area contributed by atoms with Gasteiger partial charge in [0.15, 0.2) is 12.4 Å². The molecule has 0 bridgehead atoms. The Balaban J connectivity index is 2.31. The van der Waals surface area contributed by atoms with Gasteiger partial charge in [-0.3, -0.25) is 0 Å². The molecule has 1 aliphatic heterocycles. The van der Waals surface area contributed by atoms with Crippen LogP contribution in [0.1, 0.15) is 45.4 Å². The third-order valence-corrected chi connectivity index (χ3v) is 3.59. The number of carboxylic acid groups (broad SMARTS) is 1. The van der Waals surface area contributed by atoms with Crippen LogP contribution in [0, 0.1) is 0 Å². The van der Waals surface area contributed by atoms with Crippen molar-refractivity contribution in [2.75, 3.05) is 6.61 Å². The second-order valence-corrected chi connectivity index (χ2v) is 5.37. The SMILES string of the molecule is CCCCCCCCOC1O[C@H](C(=O)O)[C@H](O)[C@H](O)[C@H]1O. The molecule has 7 nitrogen and oxygen atoms in total. The van der Waals surface area contributed by atoms with Crippen molar-refractivity contribution in [2.45, 2.75) is 76.2 Å². The van der Waals surface area contributed by atoms with Gasteiger partial charge < -0.3 is 29.9 Å². The predicted molar refractivity (Wildman–Crippen MR) is 73.6 cm³/mol. The standard InChI is InChI=1S/C14H26O7/c1-2-3-4-5-6-7-8-20-14-11(17)9(15)10(16)12(21-14)13(18)19/h9-12,14-17H,2-8H2,1H3,(H,18,19)/t9-,10+,11+,12-,14?/m0/s1. The van der Waals surface area contributed by atoms with E-state index in [4.69, 9.17) is 14.6 Å². The van der Waals surface area contributed by atoms with E-state index in [2.05, 4.69) is 6.92 Å². The summed E-state index contributed by atoms with van der Waals surface area (Å²) in [6, 6.07) is 0. The summed E-state index contributed by atoms with van der Waals surface area (Å²) in [7, 11) is 0. The Hall–Kier alpha value is -0.730. The molecule has 0 aromatic carbocycles. The molecule has 0 amide bonds. The molecule has 7 heteroatoms. The molecule has 0 radical (unpaired) electrons. The zero-order chi connectivity index (χ0) is 15.8. The molecule has 0 aromatic rings. The summed E-state index contributed by atoms with van der Waals surface area (Å²) in [4.78, 5) is 10.9. The first kappa shape index (κ1) is 18.3. The molecule has 5 atom stereocenters. The van der Waals surface area contributed by atoms with Crippen molar-refractivity contribution in [3.63, 3.8) is 0 Å². The van der Waals surface area contributed by atoms with Crippen LogP contribution in [0.15, 0.2) is 0 Å². The van der Waals surface area contributed by atoms with E-state index in [1.807, 2.05) is 0 Å². The molecule has 1 fully saturated rings. The minimum Gasteiger partial charge on any atom is -0.479 e. The Bertz CT molecular complexity index is 310. The van der Waals surface area contributed by atoms with Gasteiger partial charge in [0.2, 0.25) is 0 Å². The van der Waals surface area contributed by atoms with Gasteiger partial charge in [0, 0.05) is 6.61 Å². The smallest absolute Gasteiger partial charge is 0.335 e. The topological polar surface area (TPSA) is 116 Å². The first-order valence-corrected chi connectivity index (χ1v) is 7.53. The summed E-state index contributed by atoms with van der Waals surface area (Å²) >= 11 is 0. The average molecular weight is 306 g/mol. The Morgan fingerprint density at radius 2 is 1.62 bits per heavy atom. The minimum atomic E-state index is -1.67. The van der Waals surface area contributed by atoms with Gasteiger partial charge in [0.05, 0.1) is 0 Å². The summed E-state index contributed by atoms with van der Waals surface area (Å²) in [5, 5.41) is 37.7. The van der Waals surface area contributed by atoms with Crippen molar-refractivity contribution in [1.29, 1.82) is 0 Å². The molecular weight excluding hydrogens is 280 g/mol. The van der Waals surface area contributed by atoms with E-state index in [9.17, 15) is 20.1 Å². The van der Waals surface area contributed by atoms with E-state index >= 15 is 0 Å². The number of ether oxygens (including phenoxy) is 2. The Morgan fingerprint density at radius 3 is 2.24 bits per heavy atom. The highest BCUT2D eigenvalue weighted by Crippen LogP contribution is 2.22. The minimum absolute atomic E-state index is 0.309. The van der Waals surface area contributed by atoms with Gasteiger partial charge >= 0.3 is 5.97 Å². The Morgan fingerprint density at radius 1 is 1.00 bits per heavy atom. The van der Waals surface area contributed by atoms with E-state index < -0.39 is 36.7 Å². The number of unbranched alkanes of at least 4 members (excludes halogenated alkanes) is 5. The molecule has 0 aliphatic carbocycles. The number of aliphatic hydroxyl groups excluding tert-OH is 3. The second kappa shape index (κ2) is 9.32. The summed E-state index contributed by atoms with van der Waals surface area (Å²) < 4.78 is 10.3. The maximum atomic E-state index is 10.9. The van der Waals surface area contributed by atoms with Crippen LogP contribution in [-0.4, -0.2) is 63.7 Å². The van der Waals surface area contributed by atoms with Crippen LogP contribution >= 0.6 is 0 Å². The summed E-state index contributed by atoms with van der Waals surface area (Å²) in [5.41, 5.74) is 0. The van der Waals surface area contributed by atoms with Gasteiger partial charge in [0.1, 0.15) is 18.3 Å². The lowest BCUT2D eigenvalue weighted by atomic mass is 9.99. The van der Waals surface area contributed by atoms with Crippen LogP contribution in [0.25, 0.3) is 0 Å². The number of rotatable bonds is 9. The first-order chi connectivity index (χ1) is 9.99.